The predicted molar refractivity (Wildman–Crippen MR) is 60.6 cm³/mol. The van der Waals surface area contributed by atoms with Crippen LogP contribution in [0.25, 0.3) is 0 Å². The highest BCUT2D eigenvalue weighted by molar-refractivity contribution is 9.10. The van der Waals surface area contributed by atoms with Gasteiger partial charge in [0, 0.05) is 6.07 Å². The van der Waals surface area contributed by atoms with E-state index in [4.69, 9.17) is 9.47 Å². The highest BCUT2D eigenvalue weighted by atomic mass is 79.9. The molecule has 0 amide bonds. The van der Waals surface area contributed by atoms with Gasteiger partial charge >= 0.3 is 0 Å². The van der Waals surface area contributed by atoms with Crippen LogP contribution in [0.15, 0.2) is 16.6 Å². The molecule has 82 valence electrons. The molecule has 0 radical (unpaired) electrons. The lowest BCUT2D eigenvalue weighted by Gasteiger charge is -2.12. The van der Waals surface area contributed by atoms with Crippen molar-refractivity contribution in [2.75, 3.05) is 13.7 Å². The average Bonchev–Trinajstić information content (AvgIpc) is 2.99. The Hall–Kier alpha value is -0.900. The number of rotatable bonds is 4. The number of benzene rings is 1. The minimum absolute atomic E-state index is 0.164. The molecule has 0 spiro atoms. The quantitative estimate of drug-likeness (QED) is 0.916. The fourth-order valence-corrected chi connectivity index (χ4v) is 1.88. The Labute approximate surface area is 97.1 Å². The third-order valence-electron chi connectivity index (χ3n) is 2.37. The second-order valence-electron chi connectivity index (χ2n) is 3.71. The summed E-state index contributed by atoms with van der Waals surface area (Å²) in [6.07, 6.45) is 2.50. The number of ether oxygens (including phenoxy) is 2. The van der Waals surface area contributed by atoms with Gasteiger partial charge in [-0.25, -0.2) is 0 Å². The van der Waals surface area contributed by atoms with Gasteiger partial charge in [0.05, 0.1) is 18.2 Å². The Bertz CT molecular complexity index is 361. The minimum Gasteiger partial charge on any atom is -0.508 e. The molecule has 0 aromatic heterocycles. The Balaban J connectivity index is 2.17. The maximum Gasteiger partial charge on any atom is 0.175 e. The molecule has 1 N–H and O–H groups in total. The highest BCUT2D eigenvalue weighted by Crippen LogP contribution is 2.40. The highest BCUT2D eigenvalue weighted by Gasteiger charge is 2.23. The van der Waals surface area contributed by atoms with Crippen LogP contribution < -0.4 is 9.47 Å². The summed E-state index contributed by atoms with van der Waals surface area (Å²) in [6.45, 7) is 0.722. The maximum absolute atomic E-state index is 9.37. The molecule has 2 rings (SSSR count). The molecule has 1 fully saturated rings. The molecule has 1 aliphatic rings. The van der Waals surface area contributed by atoms with Crippen molar-refractivity contribution < 1.29 is 14.6 Å². The van der Waals surface area contributed by atoms with Crippen LogP contribution in [0.1, 0.15) is 12.8 Å². The van der Waals surface area contributed by atoms with E-state index in [2.05, 4.69) is 15.9 Å². The normalized spacial score (nSPS) is 15.1. The first-order chi connectivity index (χ1) is 7.20. The number of methoxy groups -OCH3 is 1. The number of phenolic OH excluding ortho intramolecular Hbond substituents is 1. The molecular weight excluding hydrogens is 260 g/mol. The summed E-state index contributed by atoms with van der Waals surface area (Å²) in [4.78, 5) is 0. The molecular formula is C11H13BrO3. The molecule has 0 bridgehead atoms. The second kappa shape index (κ2) is 4.31. The molecule has 4 heteroatoms. The fraction of sp³-hybridized carbons (Fsp3) is 0.455. The van der Waals surface area contributed by atoms with Gasteiger partial charge in [0.1, 0.15) is 5.75 Å². The summed E-state index contributed by atoms with van der Waals surface area (Å²) in [5.41, 5.74) is 0. The molecule has 1 aliphatic carbocycles. The van der Waals surface area contributed by atoms with Crippen molar-refractivity contribution in [1.82, 2.24) is 0 Å². The van der Waals surface area contributed by atoms with E-state index >= 15 is 0 Å². The number of hydrogen-bond donors (Lipinski definition) is 1. The second-order valence-corrected chi connectivity index (χ2v) is 4.57. The summed E-state index contributed by atoms with van der Waals surface area (Å²) >= 11 is 3.34. The van der Waals surface area contributed by atoms with Gasteiger partial charge in [0.2, 0.25) is 0 Å². The number of hydrogen-bond acceptors (Lipinski definition) is 3. The Morgan fingerprint density at radius 3 is 2.80 bits per heavy atom. The topological polar surface area (TPSA) is 38.7 Å². The molecule has 3 nitrogen and oxygen atoms in total. The molecule has 1 aromatic rings. The fourth-order valence-electron chi connectivity index (χ4n) is 1.33. The van der Waals surface area contributed by atoms with Gasteiger partial charge in [-0.2, -0.15) is 0 Å². The predicted octanol–water partition coefficient (Wildman–Crippen LogP) is 2.95. The Morgan fingerprint density at radius 1 is 1.47 bits per heavy atom. The third kappa shape index (κ3) is 2.56. The van der Waals surface area contributed by atoms with Crippen LogP contribution in [-0.2, 0) is 0 Å². The Morgan fingerprint density at radius 2 is 2.20 bits per heavy atom. The smallest absolute Gasteiger partial charge is 0.175 e. The van der Waals surface area contributed by atoms with E-state index in [1.54, 1.807) is 19.2 Å². The van der Waals surface area contributed by atoms with Gasteiger partial charge in [-0.05, 0) is 40.8 Å². The zero-order valence-electron chi connectivity index (χ0n) is 8.50. The zero-order chi connectivity index (χ0) is 10.8. The standard InChI is InChI=1S/C11H13BrO3/c1-14-10-5-8(13)4-9(12)11(10)15-6-7-2-3-7/h4-5,7,13H,2-3,6H2,1H3. The zero-order valence-corrected chi connectivity index (χ0v) is 10.1. The van der Waals surface area contributed by atoms with Crippen molar-refractivity contribution in [3.63, 3.8) is 0 Å². The Kier molecular flexibility index (Phi) is 3.05. The minimum atomic E-state index is 0.164. The van der Waals surface area contributed by atoms with Gasteiger partial charge in [-0.1, -0.05) is 0 Å². The van der Waals surface area contributed by atoms with Crippen molar-refractivity contribution in [2.45, 2.75) is 12.8 Å². The van der Waals surface area contributed by atoms with Crippen LogP contribution in [0.3, 0.4) is 0 Å². The van der Waals surface area contributed by atoms with E-state index in [1.807, 2.05) is 0 Å². The van der Waals surface area contributed by atoms with Gasteiger partial charge in [-0.15, -0.1) is 0 Å². The van der Waals surface area contributed by atoms with E-state index < -0.39 is 0 Å². The van der Waals surface area contributed by atoms with Crippen LogP contribution in [0.5, 0.6) is 17.2 Å². The molecule has 1 aromatic carbocycles. The van der Waals surface area contributed by atoms with Crippen molar-refractivity contribution in [2.24, 2.45) is 5.92 Å². The first-order valence-electron chi connectivity index (χ1n) is 4.90. The van der Waals surface area contributed by atoms with Crippen molar-refractivity contribution >= 4 is 15.9 Å². The molecule has 1 saturated carbocycles. The summed E-state index contributed by atoms with van der Waals surface area (Å²) in [5, 5.41) is 9.37. The molecule has 0 aliphatic heterocycles. The van der Waals surface area contributed by atoms with E-state index in [9.17, 15) is 5.11 Å². The molecule has 0 saturated heterocycles. The number of aromatic hydroxyl groups is 1. The van der Waals surface area contributed by atoms with Crippen LogP contribution in [0.2, 0.25) is 0 Å². The molecule has 0 heterocycles. The van der Waals surface area contributed by atoms with Crippen molar-refractivity contribution in [3.05, 3.63) is 16.6 Å². The van der Waals surface area contributed by atoms with Crippen LogP contribution in [0, 0.1) is 5.92 Å². The third-order valence-corrected chi connectivity index (χ3v) is 2.96. The lowest BCUT2D eigenvalue weighted by Crippen LogP contribution is -2.01. The number of halogens is 1. The summed E-state index contributed by atoms with van der Waals surface area (Å²) in [5.74, 6) is 2.08. The summed E-state index contributed by atoms with van der Waals surface area (Å²) in [7, 11) is 1.56. The van der Waals surface area contributed by atoms with Gasteiger partial charge in [-0.3, -0.25) is 0 Å². The summed E-state index contributed by atoms with van der Waals surface area (Å²) in [6, 6.07) is 3.15. The van der Waals surface area contributed by atoms with Crippen LogP contribution in [-0.4, -0.2) is 18.8 Å². The van der Waals surface area contributed by atoms with Crippen LogP contribution >= 0.6 is 15.9 Å². The van der Waals surface area contributed by atoms with E-state index in [-0.39, 0.29) is 5.75 Å². The van der Waals surface area contributed by atoms with E-state index in [1.165, 1.54) is 12.8 Å². The average molecular weight is 273 g/mol. The molecule has 0 atom stereocenters. The largest absolute Gasteiger partial charge is 0.508 e. The maximum atomic E-state index is 9.37. The van der Waals surface area contributed by atoms with E-state index in [0.717, 1.165) is 11.1 Å². The van der Waals surface area contributed by atoms with Crippen molar-refractivity contribution in [1.29, 1.82) is 0 Å². The molecule has 0 unspecified atom stereocenters. The van der Waals surface area contributed by atoms with Gasteiger partial charge in [0.15, 0.2) is 11.5 Å². The van der Waals surface area contributed by atoms with Gasteiger partial charge in [0.25, 0.3) is 0 Å². The lowest BCUT2D eigenvalue weighted by atomic mass is 10.3. The molecule has 15 heavy (non-hydrogen) atoms. The SMILES string of the molecule is COc1cc(O)cc(Br)c1OCC1CC1. The van der Waals surface area contributed by atoms with E-state index in [0.29, 0.717) is 17.4 Å². The monoisotopic (exact) mass is 272 g/mol. The number of phenols is 1. The van der Waals surface area contributed by atoms with Gasteiger partial charge < -0.3 is 14.6 Å². The first-order valence-corrected chi connectivity index (χ1v) is 5.69. The first kappa shape index (κ1) is 10.6. The summed E-state index contributed by atoms with van der Waals surface area (Å²) < 4.78 is 11.5. The van der Waals surface area contributed by atoms with Crippen molar-refractivity contribution in [3.8, 4) is 17.2 Å². The van der Waals surface area contributed by atoms with Crippen LogP contribution in [0.4, 0.5) is 0 Å². The lowest BCUT2D eigenvalue weighted by molar-refractivity contribution is 0.277.